The Hall–Kier alpha value is -2.12. The molecule has 1 atom stereocenters. The number of carbonyl (C=O) groups excluding carboxylic acids is 1. The van der Waals surface area contributed by atoms with Gasteiger partial charge in [0.2, 0.25) is 0 Å². The predicted molar refractivity (Wildman–Crippen MR) is 79.3 cm³/mol. The van der Waals surface area contributed by atoms with Gasteiger partial charge in [-0.1, -0.05) is 29.8 Å². The maximum absolute atomic E-state index is 11.8. The number of amides is 2. The van der Waals surface area contributed by atoms with E-state index in [-0.39, 0.29) is 11.6 Å². The summed E-state index contributed by atoms with van der Waals surface area (Å²) >= 11 is 7.36. The lowest BCUT2D eigenvalue weighted by Crippen LogP contribution is -2.40. The lowest BCUT2D eigenvalue weighted by atomic mass is 10.1. The average molecular weight is 326 g/mol. The first-order chi connectivity index (χ1) is 10.1. The number of aliphatic carboxylic acids is 1. The Morgan fingerprint density at radius 3 is 2.76 bits per heavy atom. The molecule has 3 N–H and O–H groups in total. The molecule has 2 aromatic rings. The molecule has 0 spiro atoms. The van der Waals surface area contributed by atoms with Crippen molar-refractivity contribution in [3.05, 3.63) is 51.4 Å². The molecular weight excluding hydrogens is 314 g/mol. The van der Waals surface area contributed by atoms with Gasteiger partial charge < -0.3 is 15.7 Å². The Balaban J connectivity index is 2.01. The van der Waals surface area contributed by atoms with Gasteiger partial charge in [-0.05, 0) is 6.07 Å². The van der Waals surface area contributed by atoms with Crippen LogP contribution in [0, 0.1) is 0 Å². The van der Waals surface area contributed by atoms with E-state index < -0.39 is 18.0 Å². The van der Waals surface area contributed by atoms with Crippen molar-refractivity contribution >= 4 is 34.9 Å². The molecule has 0 saturated heterocycles. The van der Waals surface area contributed by atoms with Crippen LogP contribution in [-0.4, -0.2) is 22.1 Å². The van der Waals surface area contributed by atoms with Gasteiger partial charge in [-0.15, -0.1) is 11.3 Å². The highest BCUT2D eigenvalue weighted by atomic mass is 35.5. The van der Waals surface area contributed by atoms with Crippen LogP contribution in [0.4, 0.5) is 4.79 Å². The van der Waals surface area contributed by atoms with Crippen LogP contribution in [-0.2, 0) is 11.3 Å². The van der Waals surface area contributed by atoms with Crippen molar-refractivity contribution in [2.45, 2.75) is 12.6 Å². The smallest absolute Gasteiger partial charge is 0.331 e. The summed E-state index contributed by atoms with van der Waals surface area (Å²) in [5, 5.41) is 17.0. The van der Waals surface area contributed by atoms with Gasteiger partial charge in [0.05, 0.1) is 6.54 Å². The summed E-state index contributed by atoms with van der Waals surface area (Å²) in [7, 11) is 0. The number of carboxylic acid groups (broad SMARTS) is 1. The van der Waals surface area contributed by atoms with Crippen molar-refractivity contribution in [2.75, 3.05) is 0 Å². The molecule has 0 saturated carbocycles. The highest BCUT2D eigenvalue weighted by molar-refractivity contribution is 7.09. The third kappa shape index (κ3) is 4.17. The Kier molecular flexibility index (Phi) is 5.13. The fourth-order valence-corrected chi connectivity index (χ4v) is 2.46. The molecule has 110 valence electrons. The van der Waals surface area contributed by atoms with E-state index >= 15 is 0 Å². The first kappa shape index (κ1) is 15.3. The van der Waals surface area contributed by atoms with E-state index in [0.717, 1.165) is 5.01 Å². The van der Waals surface area contributed by atoms with Crippen molar-refractivity contribution in [1.29, 1.82) is 0 Å². The summed E-state index contributed by atoms with van der Waals surface area (Å²) in [6, 6.07) is 4.66. The summed E-state index contributed by atoms with van der Waals surface area (Å²) in [5.74, 6) is -1.19. The SMILES string of the molecule is O=C(NCc1nccs1)N[C@@H](C(=O)O)c1ccccc1Cl. The summed E-state index contributed by atoms with van der Waals surface area (Å²) in [6.07, 6.45) is 1.63. The third-order valence-electron chi connectivity index (χ3n) is 2.62. The molecule has 1 heterocycles. The van der Waals surface area contributed by atoms with Gasteiger partial charge in [0.15, 0.2) is 6.04 Å². The number of benzene rings is 1. The Bertz CT molecular complexity index is 633. The van der Waals surface area contributed by atoms with Crippen LogP contribution in [0.3, 0.4) is 0 Å². The highest BCUT2D eigenvalue weighted by Gasteiger charge is 2.24. The molecule has 1 aromatic carbocycles. The largest absolute Gasteiger partial charge is 0.479 e. The lowest BCUT2D eigenvalue weighted by molar-refractivity contribution is -0.139. The van der Waals surface area contributed by atoms with Crippen LogP contribution in [0.15, 0.2) is 35.8 Å². The number of aromatic nitrogens is 1. The van der Waals surface area contributed by atoms with Crippen molar-refractivity contribution in [3.63, 3.8) is 0 Å². The molecule has 21 heavy (non-hydrogen) atoms. The Labute approximate surface area is 129 Å². The maximum Gasteiger partial charge on any atom is 0.331 e. The van der Waals surface area contributed by atoms with Crippen LogP contribution in [0.2, 0.25) is 5.02 Å². The molecule has 0 aliphatic heterocycles. The van der Waals surface area contributed by atoms with Crippen molar-refractivity contribution in [2.24, 2.45) is 0 Å². The van der Waals surface area contributed by atoms with Crippen LogP contribution in [0.25, 0.3) is 0 Å². The minimum Gasteiger partial charge on any atom is -0.479 e. The van der Waals surface area contributed by atoms with Gasteiger partial charge in [0, 0.05) is 22.2 Å². The summed E-state index contributed by atoms with van der Waals surface area (Å²) < 4.78 is 0. The van der Waals surface area contributed by atoms with Crippen LogP contribution in [0.5, 0.6) is 0 Å². The van der Waals surface area contributed by atoms with Gasteiger partial charge in [0.25, 0.3) is 0 Å². The second-order valence-corrected chi connectivity index (χ2v) is 5.43. The molecule has 0 aliphatic carbocycles. The van der Waals surface area contributed by atoms with E-state index in [4.69, 9.17) is 11.6 Å². The molecule has 0 bridgehead atoms. The molecule has 0 unspecified atom stereocenters. The minimum atomic E-state index is -1.21. The molecule has 0 radical (unpaired) electrons. The zero-order chi connectivity index (χ0) is 15.2. The maximum atomic E-state index is 11.8. The number of nitrogens with zero attached hydrogens (tertiary/aromatic N) is 1. The number of carbonyl (C=O) groups is 2. The topological polar surface area (TPSA) is 91.3 Å². The first-order valence-electron chi connectivity index (χ1n) is 5.98. The fourth-order valence-electron chi connectivity index (χ4n) is 1.66. The number of nitrogens with one attached hydrogen (secondary N) is 2. The fraction of sp³-hybridized carbons (Fsp3) is 0.154. The van der Waals surface area contributed by atoms with E-state index in [1.54, 1.807) is 35.8 Å². The molecule has 8 heteroatoms. The number of thiazole rings is 1. The Morgan fingerprint density at radius 2 is 2.14 bits per heavy atom. The zero-order valence-electron chi connectivity index (χ0n) is 10.7. The van der Waals surface area contributed by atoms with E-state index in [2.05, 4.69) is 15.6 Å². The zero-order valence-corrected chi connectivity index (χ0v) is 12.3. The number of carboxylic acids is 1. The lowest BCUT2D eigenvalue weighted by Gasteiger charge is -2.16. The number of halogens is 1. The average Bonchev–Trinajstić information content (AvgIpc) is 2.96. The van der Waals surface area contributed by atoms with Gasteiger partial charge in [-0.2, -0.15) is 0 Å². The van der Waals surface area contributed by atoms with Gasteiger partial charge >= 0.3 is 12.0 Å². The van der Waals surface area contributed by atoms with E-state index in [0.29, 0.717) is 5.56 Å². The highest BCUT2D eigenvalue weighted by Crippen LogP contribution is 2.22. The van der Waals surface area contributed by atoms with Crippen LogP contribution >= 0.6 is 22.9 Å². The van der Waals surface area contributed by atoms with Gasteiger partial charge in [-0.3, -0.25) is 0 Å². The molecule has 0 aliphatic rings. The molecular formula is C13H12ClN3O3S. The minimum absolute atomic E-state index is 0.234. The van der Waals surface area contributed by atoms with E-state index in [1.807, 2.05) is 0 Å². The summed E-state index contributed by atoms with van der Waals surface area (Å²) in [5.41, 5.74) is 0.330. The molecule has 2 amide bonds. The number of urea groups is 1. The van der Waals surface area contributed by atoms with Crippen LogP contribution in [0.1, 0.15) is 16.6 Å². The van der Waals surface area contributed by atoms with Crippen molar-refractivity contribution in [3.8, 4) is 0 Å². The first-order valence-corrected chi connectivity index (χ1v) is 7.23. The number of hydrogen-bond acceptors (Lipinski definition) is 4. The normalized spacial score (nSPS) is 11.7. The Morgan fingerprint density at radius 1 is 1.38 bits per heavy atom. The summed E-state index contributed by atoms with van der Waals surface area (Å²) in [4.78, 5) is 27.1. The standard InChI is InChI=1S/C13H12ClN3O3S/c14-9-4-2-1-3-8(9)11(12(18)19)17-13(20)16-7-10-15-5-6-21-10/h1-6,11H,7H2,(H,18,19)(H2,16,17,20)/t11-/m1/s1. The van der Waals surface area contributed by atoms with E-state index in [9.17, 15) is 14.7 Å². The van der Waals surface area contributed by atoms with Gasteiger partial charge in [-0.25, -0.2) is 14.6 Å². The molecule has 0 fully saturated rings. The summed E-state index contributed by atoms with van der Waals surface area (Å²) in [6.45, 7) is 0.234. The molecule has 1 aromatic heterocycles. The molecule has 2 rings (SSSR count). The van der Waals surface area contributed by atoms with E-state index in [1.165, 1.54) is 11.3 Å². The monoisotopic (exact) mass is 325 g/mol. The second-order valence-electron chi connectivity index (χ2n) is 4.05. The third-order valence-corrected chi connectivity index (χ3v) is 3.75. The second kappa shape index (κ2) is 7.05. The van der Waals surface area contributed by atoms with Crippen LogP contribution < -0.4 is 10.6 Å². The molecule has 6 nitrogen and oxygen atoms in total. The quantitative estimate of drug-likeness (QED) is 0.787. The van der Waals surface area contributed by atoms with Crippen molar-refractivity contribution < 1.29 is 14.7 Å². The number of rotatable bonds is 5. The van der Waals surface area contributed by atoms with Gasteiger partial charge in [0.1, 0.15) is 5.01 Å². The van der Waals surface area contributed by atoms with Crippen molar-refractivity contribution in [1.82, 2.24) is 15.6 Å². The number of hydrogen-bond donors (Lipinski definition) is 3. The predicted octanol–water partition coefficient (Wildman–Crippen LogP) is 2.42.